The van der Waals surface area contributed by atoms with E-state index in [9.17, 15) is 9.59 Å². The van der Waals surface area contributed by atoms with Gasteiger partial charge in [-0.05, 0) is 20.3 Å². The molecule has 0 atom stereocenters. The van der Waals surface area contributed by atoms with Gasteiger partial charge in [0.25, 0.3) is 0 Å². The summed E-state index contributed by atoms with van der Waals surface area (Å²) in [4.78, 5) is 20.3. The highest BCUT2D eigenvalue weighted by Crippen LogP contribution is 1.94. The predicted octanol–water partition coefficient (Wildman–Crippen LogP) is 1.52. The number of unbranched alkanes of at least 4 members (excludes halogenated alkanes) is 1. The largest absolute Gasteiger partial charge is 0.478 e. The van der Waals surface area contributed by atoms with Gasteiger partial charge in [0.05, 0.1) is 19.8 Å². The van der Waals surface area contributed by atoms with E-state index < -0.39 is 5.97 Å². The number of aliphatic hydroxyl groups excluding tert-OH is 2. The Morgan fingerprint density at radius 3 is 1.65 bits per heavy atom. The van der Waals surface area contributed by atoms with E-state index in [-0.39, 0.29) is 24.8 Å². The molecule has 0 aliphatic heterocycles. The van der Waals surface area contributed by atoms with Crippen molar-refractivity contribution in [3.63, 3.8) is 0 Å². The third-order valence-electron chi connectivity index (χ3n) is 1.54. The molecule has 0 saturated carbocycles. The summed E-state index contributed by atoms with van der Waals surface area (Å²) < 4.78 is 4.81. The van der Waals surface area contributed by atoms with Crippen molar-refractivity contribution >= 4 is 11.9 Å². The lowest BCUT2D eigenvalue weighted by Gasteiger charge is -2.01. The van der Waals surface area contributed by atoms with E-state index in [1.165, 1.54) is 6.92 Å². The zero-order valence-electron chi connectivity index (χ0n) is 12.5. The predicted molar refractivity (Wildman–Crippen MR) is 77.3 cm³/mol. The van der Waals surface area contributed by atoms with Crippen LogP contribution in [0, 0.1) is 0 Å². The standard InChI is InChI=1S/C8H14O2.C4H6O2.C2H6O2/c1-4-5-6-10-8(9)7(2)3;1-3(2)4(5)6;3-1-2-4/h2,4-6H2,1,3H3;1H2,2H3,(H,5,6);3-4H,1-2H2. The van der Waals surface area contributed by atoms with Gasteiger partial charge in [-0.2, -0.15) is 0 Å². The Morgan fingerprint density at radius 2 is 1.45 bits per heavy atom. The number of hydrogen-bond acceptors (Lipinski definition) is 5. The van der Waals surface area contributed by atoms with Gasteiger partial charge in [-0.3, -0.25) is 0 Å². The van der Waals surface area contributed by atoms with Crippen LogP contribution in [0.2, 0.25) is 0 Å². The molecule has 0 radical (unpaired) electrons. The first-order chi connectivity index (χ1) is 9.24. The molecular formula is C14H26O6. The van der Waals surface area contributed by atoms with Crippen LogP contribution in [0.5, 0.6) is 0 Å². The van der Waals surface area contributed by atoms with E-state index >= 15 is 0 Å². The Kier molecular flexibility index (Phi) is 20.3. The molecular weight excluding hydrogens is 264 g/mol. The molecule has 0 bridgehead atoms. The van der Waals surface area contributed by atoms with Crippen molar-refractivity contribution in [1.29, 1.82) is 0 Å². The van der Waals surface area contributed by atoms with Gasteiger partial charge in [-0.1, -0.05) is 26.5 Å². The van der Waals surface area contributed by atoms with Gasteiger partial charge in [0, 0.05) is 11.1 Å². The minimum absolute atomic E-state index is 0.125. The molecule has 0 aromatic carbocycles. The Bertz CT molecular complexity index is 282. The first-order valence-corrected chi connectivity index (χ1v) is 6.17. The Balaban J connectivity index is -0.000000246. The molecule has 6 heteroatoms. The number of carboxylic acid groups (broad SMARTS) is 1. The maximum atomic E-state index is 10.7. The first-order valence-electron chi connectivity index (χ1n) is 6.17. The van der Waals surface area contributed by atoms with Gasteiger partial charge >= 0.3 is 11.9 Å². The number of ether oxygens (including phenoxy) is 1. The lowest BCUT2D eigenvalue weighted by atomic mass is 10.3. The zero-order valence-corrected chi connectivity index (χ0v) is 12.5. The number of rotatable bonds is 6. The van der Waals surface area contributed by atoms with E-state index in [0.717, 1.165) is 12.8 Å². The summed E-state index contributed by atoms with van der Waals surface area (Å²) in [6, 6.07) is 0. The fraction of sp³-hybridized carbons (Fsp3) is 0.571. The fourth-order valence-electron chi connectivity index (χ4n) is 0.432. The second-order valence-electron chi connectivity index (χ2n) is 3.80. The molecule has 0 heterocycles. The zero-order chi connectivity index (χ0) is 16.6. The van der Waals surface area contributed by atoms with Gasteiger partial charge in [0.2, 0.25) is 0 Å². The van der Waals surface area contributed by atoms with E-state index in [2.05, 4.69) is 20.1 Å². The summed E-state index contributed by atoms with van der Waals surface area (Å²) in [5, 5.41) is 23.1. The third kappa shape index (κ3) is 25.3. The molecule has 0 aliphatic rings. The topological polar surface area (TPSA) is 104 Å². The van der Waals surface area contributed by atoms with Crippen LogP contribution in [0.15, 0.2) is 24.3 Å². The van der Waals surface area contributed by atoms with Crippen molar-refractivity contribution in [1.82, 2.24) is 0 Å². The van der Waals surface area contributed by atoms with Crippen molar-refractivity contribution in [2.45, 2.75) is 33.6 Å². The van der Waals surface area contributed by atoms with Gasteiger partial charge in [0.15, 0.2) is 0 Å². The van der Waals surface area contributed by atoms with Gasteiger partial charge in [-0.25, -0.2) is 9.59 Å². The average molecular weight is 290 g/mol. The second-order valence-corrected chi connectivity index (χ2v) is 3.80. The highest BCUT2D eigenvalue weighted by molar-refractivity contribution is 5.86. The monoisotopic (exact) mass is 290 g/mol. The molecule has 0 spiro atoms. The molecule has 0 aromatic rings. The number of hydrogen-bond donors (Lipinski definition) is 3. The third-order valence-corrected chi connectivity index (χ3v) is 1.54. The first kappa shape index (κ1) is 23.4. The number of carboxylic acids is 1. The molecule has 6 nitrogen and oxygen atoms in total. The quantitative estimate of drug-likeness (QED) is 0.389. The van der Waals surface area contributed by atoms with E-state index in [1.807, 2.05) is 0 Å². The second kappa shape index (κ2) is 17.3. The van der Waals surface area contributed by atoms with Crippen molar-refractivity contribution in [3.8, 4) is 0 Å². The Hall–Kier alpha value is -1.66. The van der Waals surface area contributed by atoms with Crippen LogP contribution in [0.1, 0.15) is 33.6 Å². The average Bonchev–Trinajstić information content (AvgIpc) is 2.39. The molecule has 3 N–H and O–H groups in total. The molecule has 0 aromatic heterocycles. The number of carbonyl (C=O) groups excluding carboxylic acids is 1. The number of esters is 1. The van der Waals surface area contributed by atoms with Crippen LogP contribution in [0.3, 0.4) is 0 Å². The van der Waals surface area contributed by atoms with E-state index in [4.69, 9.17) is 20.1 Å². The van der Waals surface area contributed by atoms with Crippen LogP contribution < -0.4 is 0 Å². The molecule has 118 valence electrons. The van der Waals surface area contributed by atoms with Crippen LogP contribution in [-0.2, 0) is 14.3 Å². The lowest BCUT2D eigenvalue weighted by Crippen LogP contribution is -2.05. The molecule has 0 unspecified atom stereocenters. The summed E-state index contributed by atoms with van der Waals surface area (Å²) in [5.41, 5.74) is 0.645. The Morgan fingerprint density at radius 1 is 1.05 bits per heavy atom. The Labute approximate surface area is 120 Å². The highest BCUT2D eigenvalue weighted by atomic mass is 16.5. The van der Waals surface area contributed by atoms with Crippen molar-refractivity contribution < 1.29 is 29.6 Å². The van der Waals surface area contributed by atoms with Crippen LogP contribution in [0.4, 0.5) is 0 Å². The summed E-state index contributed by atoms with van der Waals surface area (Å²) in [6.45, 7) is 12.0. The summed E-state index contributed by atoms with van der Waals surface area (Å²) >= 11 is 0. The van der Waals surface area contributed by atoms with Crippen molar-refractivity contribution in [3.05, 3.63) is 24.3 Å². The molecule has 0 amide bonds. The van der Waals surface area contributed by atoms with E-state index in [1.54, 1.807) is 6.92 Å². The number of aliphatic carboxylic acids is 1. The minimum Gasteiger partial charge on any atom is -0.478 e. The fourth-order valence-corrected chi connectivity index (χ4v) is 0.432. The summed E-state index contributed by atoms with van der Waals surface area (Å²) in [7, 11) is 0. The smallest absolute Gasteiger partial charge is 0.333 e. The SMILES string of the molecule is C=C(C)C(=O)O.C=C(C)C(=O)OCCCC.OCCO. The summed E-state index contributed by atoms with van der Waals surface area (Å²) in [6.07, 6.45) is 1.97. The van der Waals surface area contributed by atoms with Crippen molar-refractivity contribution in [2.75, 3.05) is 19.8 Å². The van der Waals surface area contributed by atoms with Crippen LogP contribution in [-0.4, -0.2) is 47.1 Å². The molecule has 0 fully saturated rings. The van der Waals surface area contributed by atoms with Gasteiger partial charge in [-0.15, -0.1) is 0 Å². The number of aliphatic hydroxyl groups is 2. The lowest BCUT2D eigenvalue weighted by molar-refractivity contribution is -0.139. The molecule has 0 aliphatic carbocycles. The van der Waals surface area contributed by atoms with Gasteiger partial charge in [0.1, 0.15) is 0 Å². The van der Waals surface area contributed by atoms with E-state index in [0.29, 0.717) is 12.2 Å². The number of carbonyl (C=O) groups is 2. The summed E-state index contributed by atoms with van der Waals surface area (Å²) in [5.74, 6) is -1.22. The normalized spacial score (nSPS) is 8.25. The minimum atomic E-state index is -0.935. The maximum Gasteiger partial charge on any atom is 0.333 e. The molecule has 20 heavy (non-hydrogen) atoms. The van der Waals surface area contributed by atoms with Crippen molar-refractivity contribution in [2.24, 2.45) is 0 Å². The molecule has 0 rings (SSSR count). The highest BCUT2D eigenvalue weighted by Gasteiger charge is 2.00. The van der Waals surface area contributed by atoms with Gasteiger partial charge < -0.3 is 20.1 Å². The van der Waals surface area contributed by atoms with Crippen LogP contribution >= 0.6 is 0 Å². The van der Waals surface area contributed by atoms with Crippen LogP contribution in [0.25, 0.3) is 0 Å². The molecule has 0 saturated heterocycles. The maximum absolute atomic E-state index is 10.7.